The highest BCUT2D eigenvalue weighted by molar-refractivity contribution is 6.32. The summed E-state index contributed by atoms with van der Waals surface area (Å²) < 4.78 is 6.62. The van der Waals surface area contributed by atoms with Crippen LogP contribution in [-0.2, 0) is 11.3 Å². The number of hydrogen-bond donors (Lipinski definition) is 1. The van der Waals surface area contributed by atoms with Gasteiger partial charge in [-0.1, -0.05) is 11.6 Å². The van der Waals surface area contributed by atoms with E-state index in [1.165, 1.54) is 4.68 Å². The highest BCUT2D eigenvalue weighted by Gasteiger charge is 2.29. The molecule has 0 radical (unpaired) electrons. The van der Waals surface area contributed by atoms with Gasteiger partial charge in [0.25, 0.3) is 5.56 Å². The first-order chi connectivity index (χ1) is 9.51. The number of anilines is 1. The molecule has 1 fully saturated rings. The van der Waals surface area contributed by atoms with Gasteiger partial charge in [0.1, 0.15) is 5.02 Å². The minimum atomic E-state index is -0.249. The van der Waals surface area contributed by atoms with Gasteiger partial charge >= 0.3 is 0 Å². The Morgan fingerprint density at radius 1 is 1.55 bits per heavy atom. The minimum absolute atomic E-state index is 0.208. The van der Waals surface area contributed by atoms with Gasteiger partial charge in [0.15, 0.2) is 0 Å². The molecule has 6 nitrogen and oxygen atoms in total. The van der Waals surface area contributed by atoms with E-state index in [2.05, 4.69) is 10.4 Å². The van der Waals surface area contributed by atoms with E-state index >= 15 is 0 Å². The van der Waals surface area contributed by atoms with Gasteiger partial charge in [-0.25, -0.2) is 4.68 Å². The fraction of sp³-hybridized carbons (Fsp3) is 0.692. The van der Waals surface area contributed by atoms with E-state index in [1.807, 2.05) is 19.0 Å². The standard InChI is InChI=1S/C13H21ClN4O2/c1-17(2)4-5-18-13(19)12(14)11(8-15-18)16-9-6-10(7-9)20-3/h8-10,16H,4-7H2,1-3H3. The number of rotatable bonds is 6. The number of hydrogen-bond acceptors (Lipinski definition) is 5. The molecular weight excluding hydrogens is 280 g/mol. The Morgan fingerprint density at radius 3 is 2.85 bits per heavy atom. The predicted molar refractivity (Wildman–Crippen MR) is 79.5 cm³/mol. The third kappa shape index (κ3) is 3.50. The van der Waals surface area contributed by atoms with E-state index in [-0.39, 0.29) is 10.6 Å². The summed E-state index contributed by atoms with van der Waals surface area (Å²) in [5.41, 5.74) is 0.360. The summed E-state index contributed by atoms with van der Waals surface area (Å²) >= 11 is 6.13. The van der Waals surface area contributed by atoms with Crippen LogP contribution >= 0.6 is 11.6 Å². The zero-order chi connectivity index (χ0) is 14.7. The molecular formula is C13H21ClN4O2. The molecule has 0 amide bonds. The molecule has 1 saturated carbocycles. The van der Waals surface area contributed by atoms with E-state index in [9.17, 15) is 4.79 Å². The normalized spacial score (nSPS) is 21.9. The molecule has 1 N–H and O–H groups in total. The summed E-state index contributed by atoms with van der Waals surface area (Å²) in [6.45, 7) is 1.27. The van der Waals surface area contributed by atoms with E-state index in [0.29, 0.717) is 24.4 Å². The van der Waals surface area contributed by atoms with Gasteiger partial charge in [-0.05, 0) is 26.9 Å². The van der Waals surface area contributed by atoms with Crippen LogP contribution in [0.25, 0.3) is 0 Å². The summed E-state index contributed by atoms with van der Waals surface area (Å²) in [6, 6.07) is 0.302. The number of methoxy groups -OCH3 is 1. The summed E-state index contributed by atoms with van der Waals surface area (Å²) in [4.78, 5) is 14.1. The number of nitrogens with zero attached hydrogens (tertiary/aromatic N) is 3. The molecule has 1 aromatic heterocycles. The maximum absolute atomic E-state index is 12.1. The van der Waals surface area contributed by atoms with Crippen LogP contribution in [0.15, 0.2) is 11.0 Å². The number of nitrogens with one attached hydrogen (secondary N) is 1. The van der Waals surface area contributed by atoms with Crippen molar-refractivity contribution in [3.63, 3.8) is 0 Å². The molecule has 20 heavy (non-hydrogen) atoms. The summed E-state index contributed by atoms with van der Waals surface area (Å²) in [6.07, 6.45) is 3.78. The fourth-order valence-electron chi connectivity index (χ4n) is 2.12. The molecule has 0 atom stereocenters. The molecule has 0 spiro atoms. The van der Waals surface area contributed by atoms with E-state index < -0.39 is 0 Å². The van der Waals surface area contributed by atoms with Gasteiger partial charge in [-0.2, -0.15) is 5.10 Å². The van der Waals surface area contributed by atoms with Gasteiger partial charge in [0, 0.05) is 19.7 Å². The number of aromatic nitrogens is 2. The van der Waals surface area contributed by atoms with Crippen molar-refractivity contribution in [2.24, 2.45) is 0 Å². The number of likely N-dealkylation sites (N-methyl/N-ethyl adjacent to an activating group) is 1. The summed E-state index contributed by atoms with van der Waals surface area (Å²) in [7, 11) is 5.61. The van der Waals surface area contributed by atoms with Gasteiger partial charge in [-0.15, -0.1) is 0 Å². The molecule has 1 aliphatic carbocycles. The number of ether oxygens (including phenoxy) is 1. The Bertz CT molecular complexity index is 512. The van der Waals surface area contributed by atoms with Gasteiger partial charge in [0.2, 0.25) is 0 Å². The van der Waals surface area contributed by atoms with Crippen LogP contribution in [0.4, 0.5) is 5.69 Å². The minimum Gasteiger partial charge on any atom is -0.381 e. The lowest BCUT2D eigenvalue weighted by Crippen LogP contribution is -2.40. The SMILES string of the molecule is COC1CC(Nc2cnn(CCN(C)C)c(=O)c2Cl)C1. The van der Waals surface area contributed by atoms with E-state index in [1.54, 1.807) is 13.3 Å². The lowest BCUT2D eigenvalue weighted by atomic mass is 9.89. The van der Waals surface area contributed by atoms with Crippen molar-refractivity contribution in [1.29, 1.82) is 0 Å². The van der Waals surface area contributed by atoms with Crippen molar-refractivity contribution in [1.82, 2.24) is 14.7 Å². The smallest absolute Gasteiger partial charge is 0.287 e. The van der Waals surface area contributed by atoms with Crippen molar-refractivity contribution in [2.75, 3.05) is 33.1 Å². The van der Waals surface area contributed by atoms with Crippen molar-refractivity contribution in [3.8, 4) is 0 Å². The van der Waals surface area contributed by atoms with Gasteiger partial charge in [0.05, 0.1) is 24.5 Å². The molecule has 2 rings (SSSR count). The van der Waals surface area contributed by atoms with Gasteiger partial charge < -0.3 is 15.0 Å². The van der Waals surface area contributed by atoms with Crippen LogP contribution in [0, 0.1) is 0 Å². The summed E-state index contributed by atoms with van der Waals surface area (Å²) in [5.74, 6) is 0. The quantitative estimate of drug-likeness (QED) is 0.851. The topological polar surface area (TPSA) is 59.4 Å². The van der Waals surface area contributed by atoms with Crippen molar-refractivity contribution >= 4 is 17.3 Å². The second-order valence-electron chi connectivity index (χ2n) is 5.37. The molecule has 112 valence electrons. The molecule has 7 heteroatoms. The fourth-order valence-corrected chi connectivity index (χ4v) is 2.32. The Balaban J connectivity index is 2.01. The zero-order valence-corrected chi connectivity index (χ0v) is 12.9. The maximum atomic E-state index is 12.1. The second-order valence-corrected chi connectivity index (χ2v) is 5.75. The second kappa shape index (κ2) is 6.56. The van der Waals surface area contributed by atoms with Crippen molar-refractivity contribution in [3.05, 3.63) is 21.6 Å². The molecule has 0 unspecified atom stereocenters. The molecule has 1 aliphatic rings. The average molecular weight is 301 g/mol. The maximum Gasteiger partial charge on any atom is 0.287 e. The molecule has 0 saturated heterocycles. The van der Waals surface area contributed by atoms with Crippen molar-refractivity contribution in [2.45, 2.75) is 31.5 Å². The molecule has 1 heterocycles. The zero-order valence-electron chi connectivity index (χ0n) is 12.1. The average Bonchev–Trinajstić information content (AvgIpc) is 2.36. The first-order valence-electron chi connectivity index (χ1n) is 6.71. The van der Waals surface area contributed by atoms with E-state index in [4.69, 9.17) is 16.3 Å². The van der Waals surface area contributed by atoms with Gasteiger partial charge in [-0.3, -0.25) is 4.79 Å². The van der Waals surface area contributed by atoms with E-state index in [0.717, 1.165) is 19.4 Å². The highest BCUT2D eigenvalue weighted by Crippen LogP contribution is 2.27. The van der Waals surface area contributed by atoms with Crippen LogP contribution in [0.2, 0.25) is 5.02 Å². The van der Waals surface area contributed by atoms with Crippen LogP contribution in [0.1, 0.15) is 12.8 Å². The lowest BCUT2D eigenvalue weighted by molar-refractivity contribution is 0.0328. The van der Waals surface area contributed by atoms with Crippen LogP contribution in [0.5, 0.6) is 0 Å². The Labute approximate surface area is 123 Å². The Kier molecular flexibility index (Phi) is 5.01. The highest BCUT2D eigenvalue weighted by atomic mass is 35.5. The third-order valence-electron chi connectivity index (χ3n) is 3.53. The molecule has 0 aromatic carbocycles. The van der Waals surface area contributed by atoms with Crippen LogP contribution in [-0.4, -0.2) is 54.6 Å². The Morgan fingerprint density at radius 2 is 2.25 bits per heavy atom. The van der Waals surface area contributed by atoms with Crippen molar-refractivity contribution < 1.29 is 4.74 Å². The Hall–Kier alpha value is -1.11. The molecule has 0 bridgehead atoms. The monoisotopic (exact) mass is 300 g/mol. The largest absolute Gasteiger partial charge is 0.381 e. The molecule has 1 aromatic rings. The lowest BCUT2D eigenvalue weighted by Gasteiger charge is -2.35. The predicted octanol–water partition coefficient (Wildman–Crippen LogP) is 1.05. The number of halogens is 1. The first-order valence-corrected chi connectivity index (χ1v) is 7.08. The first kappa shape index (κ1) is 15.3. The third-order valence-corrected chi connectivity index (χ3v) is 3.90. The molecule has 0 aliphatic heterocycles. The van der Waals surface area contributed by atoms with Crippen LogP contribution < -0.4 is 10.9 Å². The summed E-state index contributed by atoms with van der Waals surface area (Å²) in [5, 5.41) is 7.61. The van der Waals surface area contributed by atoms with Crippen LogP contribution in [0.3, 0.4) is 0 Å².